The number of nitrogens with one attached hydrogen (secondary N) is 2. The zero-order valence-electron chi connectivity index (χ0n) is 19.8. The fourth-order valence-electron chi connectivity index (χ4n) is 4.05. The maximum Gasteiger partial charge on any atom is 0.138 e. The summed E-state index contributed by atoms with van der Waals surface area (Å²) in [6, 6.07) is 14.0. The fraction of sp³-hybridized carbons (Fsp3) is 0.538. The molecule has 1 aliphatic rings. The highest BCUT2D eigenvalue weighted by Crippen LogP contribution is 2.30. The quantitative estimate of drug-likeness (QED) is 0.292. The molecule has 2 atom stereocenters. The third-order valence-corrected chi connectivity index (χ3v) is 5.86. The predicted molar refractivity (Wildman–Crippen MR) is 130 cm³/mol. The van der Waals surface area contributed by atoms with Crippen molar-refractivity contribution in [3.8, 4) is 11.5 Å². The van der Waals surface area contributed by atoms with Gasteiger partial charge in [0.1, 0.15) is 11.5 Å². The number of piperidine rings is 1. The molecule has 1 saturated heterocycles. The molecule has 1 aliphatic heterocycles. The molecule has 0 aliphatic carbocycles. The van der Waals surface area contributed by atoms with Crippen LogP contribution in [-0.4, -0.2) is 64.9 Å². The minimum atomic E-state index is 0.0825. The molecular weight excluding hydrogens is 420 g/mol. The van der Waals surface area contributed by atoms with Crippen molar-refractivity contribution in [2.75, 3.05) is 59.0 Å². The van der Waals surface area contributed by atoms with Crippen LogP contribution in [0.25, 0.3) is 0 Å². The molecule has 0 bridgehead atoms. The van der Waals surface area contributed by atoms with Crippen molar-refractivity contribution in [1.29, 1.82) is 0 Å². The first-order valence-electron chi connectivity index (χ1n) is 11.8. The average molecular weight is 459 g/mol. The zero-order valence-corrected chi connectivity index (χ0v) is 19.8. The molecular formula is C26H38N2O5. The van der Waals surface area contributed by atoms with Gasteiger partial charge in [-0.15, -0.1) is 0 Å². The van der Waals surface area contributed by atoms with Crippen molar-refractivity contribution in [3.63, 3.8) is 0 Å². The van der Waals surface area contributed by atoms with E-state index in [9.17, 15) is 5.11 Å². The van der Waals surface area contributed by atoms with Crippen LogP contribution in [0.1, 0.15) is 36.3 Å². The molecule has 7 nitrogen and oxygen atoms in total. The smallest absolute Gasteiger partial charge is 0.138 e. The standard InChI is InChI=1S/C26H38N2O5/c1-30-14-3-12-28-24-17-20(5-10-25(24)29)19-33-26-18-27-13-11-23(26)21-6-8-22(9-7-21)32-16-4-15-31-2/h5-10,17,23,26-29H,3-4,11-16,18-19H2,1-2H3/t23-,26+/m1/s1. The van der Waals surface area contributed by atoms with Gasteiger partial charge in [-0.2, -0.15) is 0 Å². The minimum Gasteiger partial charge on any atom is -0.506 e. The summed E-state index contributed by atoms with van der Waals surface area (Å²) in [6.45, 7) is 5.09. The summed E-state index contributed by atoms with van der Waals surface area (Å²) >= 11 is 0. The number of phenols is 1. The average Bonchev–Trinajstić information content (AvgIpc) is 2.85. The highest BCUT2D eigenvalue weighted by atomic mass is 16.5. The van der Waals surface area contributed by atoms with E-state index in [2.05, 4.69) is 22.8 Å². The first-order chi connectivity index (χ1) is 16.2. The SMILES string of the molecule is COCCCNc1cc(CO[C@H]2CNCC[C@@H]2c2ccc(OCCCOC)cc2)ccc1O. The van der Waals surface area contributed by atoms with E-state index >= 15 is 0 Å². The van der Waals surface area contributed by atoms with Crippen LogP contribution in [0.5, 0.6) is 11.5 Å². The number of rotatable bonds is 14. The Morgan fingerprint density at radius 1 is 1.00 bits per heavy atom. The lowest BCUT2D eigenvalue weighted by atomic mass is 9.87. The number of aromatic hydroxyl groups is 1. The number of benzene rings is 2. The van der Waals surface area contributed by atoms with Crippen LogP contribution in [0.4, 0.5) is 5.69 Å². The number of hydrogen-bond donors (Lipinski definition) is 3. The van der Waals surface area contributed by atoms with Gasteiger partial charge in [0.15, 0.2) is 0 Å². The Labute approximate surface area is 197 Å². The summed E-state index contributed by atoms with van der Waals surface area (Å²) in [6.07, 6.45) is 2.87. The van der Waals surface area contributed by atoms with Crippen LogP contribution in [0, 0.1) is 0 Å². The Kier molecular flexibility index (Phi) is 10.8. The molecule has 0 unspecified atom stereocenters. The van der Waals surface area contributed by atoms with Gasteiger partial charge in [-0.1, -0.05) is 18.2 Å². The molecule has 7 heteroatoms. The Balaban J connectivity index is 1.55. The van der Waals surface area contributed by atoms with Crippen molar-refractivity contribution in [1.82, 2.24) is 5.32 Å². The Morgan fingerprint density at radius 2 is 1.79 bits per heavy atom. The van der Waals surface area contributed by atoms with E-state index in [1.807, 2.05) is 24.3 Å². The number of ether oxygens (including phenoxy) is 4. The van der Waals surface area contributed by atoms with E-state index in [0.29, 0.717) is 32.3 Å². The zero-order chi connectivity index (χ0) is 23.3. The molecule has 3 N–H and O–H groups in total. The van der Waals surface area contributed by atoms with Crippen LogP contribution >= 0.6 is 0 Å². The molecule has 0 radical (unpaired) electrons. The van der Waals surface area contributed by atoms with Gasteiger partial charge in [-0.25, -0.2) is 0 Å². The van der Waals surface area contributed by atoms with Gasteiger partial charge in [-0.3, -0.25) is 0 Å². The lowest BCUT2D eigenvalue weighted by molar-refractivity contribution is 0.0106. The molecule has 0 spiro atoms. The van der Waals surface area contributed by atoms with Crippen LogP contribution in [-0.2, 0) is 20.8 Å². The Hall–Kier alpha value is -2.32. The van der Waals surface area contributed by atoms with Crippen molar-refractivity contribution >= 4 is 5.69 Å². The van der Waals surface area contributed by atoms with Gasteiger partial charge >= 0.3 is 0 Å². The Morgan fingerprint density at radius 3 is 2.58 bits per heavy atom. The third kappa shape index (κ3) is 8.19. The first-order valence-corrected chi connectivity index (χ1v) is 11.8. The number of phenolic OH excluding ortho intramolecular Hbond substituents is 1. The molecule has 1 fully saturated rings. The van der Waals surface area contributed by atoms with Gasteiger partial charge < -0.3 is 34.7 Å². The van der Waals surface area contributed by atoms with E-state index in [1.165, 1.54) is 5.56 Å². The summed E-state index contributed by atoms with van der Waals surface area (Å²) in [5, 5.41) is 16.9. The van der Waals surface area contributed by atoms with Crippen molar-refractivity contribution in [2.24, 2.45) is 0 Å². The molecule has 182 valence electrons. The molecule has 0 amide bonds. The lowest BCUT2D eigenvalue weighted by Gasteiger charge is -2.32. The van der Waals surface area contributed by atoms with E-state index in [1.54, 1.807) is 20.3 Å². The summed E-state index contributed by atoms with van der Waals surface area (Å²) in [5.41, 5.74) is 3.04. The normalized spacial score (nSPS) is 18.2. The molecule has 3 rings (SSSR count). The first kappa shape index (κ1) is 25.3. The highest BCUT2D eigenvalue weighted by Gasteiger charge is 2.27. The maximum absolute atomic E-state index is 10.1. The second kappa shape index (κ2) is 14.1. The molecule has 1 heterocycles. The highest BCUT2D eigenvalue weighted by molar-refractivity contribution is 5.57. The van der Waals surface area contributed by atoms with Crippen LogP contribution in [0.2, 0.25) is 0 Å². The molecule has 0 aromatic heterocycles. The van der Waals surface area contributed by atoms with Gasteiger partial charge in [0.25, 0.3) is 0 Å². The van der Waals surface area contributed by atoms with Crippen molar-refractivity contribution in [2.45, 2.75) is 37.9 Å². The number of hydrogen-bond acceptors (Lipinski definition) is 7. The van der Waals surface area contributed by atoms with Gasteiger partial charge in [0.05, 0.1) is 25.0 Å². The van der Waals surface area contributed by atoms with Crippen molar-refractivity contribution in [3.05, 3.63) is 53.6 Å². The second-order valence-corrected chi connectivity index (χ2v) is 8.34. The van der Waals surface area contributed by atoms with Crippen LogP contribution in [0.15, 0.2) is 42.5 Å². The number of anilines is 1. The fourth-order valence-corrected chi connectivity index (χ4v) is 4.05. The third-order valence-electron chi connectivity index (χ3n) is 5.86. The number of methoxy groups -OCH3 is 2. The largest absolute Gasteiger partial charge is 0.506 e. The minimum absolute atomic E-state index is 0.0825. The summed E-state index contributed by atoms with van der Waals surface area (Å²) < 4.78 is 22.3. The van der Waals surface area contributed by atoms with E-state index in [-0.39, 0.29) is 11.9 Å². The lowest BCUT2D eigenvalue weighted by Crippen LogP contribution is -2.40. The van der Waals surface area contributed by atoms with E-state index in [4.69, 9.17) is 18.9 Å². The summed E-state index contributed by atoms with van der Waals surface area (Å²) in [4.78, 5) is 0. The monoisotopic (exact) mass is 458 g/mol. The molecule has 2 aromatic rings. The van der Waals surface area contributed by atoms with Crippen molar-refractivity contribution < 1.29 is 24.1 Å². The molecule has 2 aromatic carbocycles. The molecule has 0 saturated carbocycles. The Bertz CT molecular complexity index is 815. The van der Waals surface area contributed by atoms with Crippen LogP contribution < -0.4 is 15.4 Å². The van der Waals surface area contributed by atoms with Crippen LogP contribution in [0.3, 0.4) is 0 Å². The van der Waals surface area contributed by atoms with E-state index in [0.717, 1.165) is 55.9 Å². The summed E-state index contributed by atoms with van der Waals surface area (Å²) in [7, 11) is 3.39. The maximum atomic E-state index is 10.1. The molecule has 33 heavy (non-hydrogen) atoms. The van der Waals surface area contributed by atoms with Gasteiger partial charge in [0.2, 0.25) is 0 Å². The topological polar surface area (TPSA) is 81.2 Å². The van der Waals surface area contributed by atoms with Gasteiger partial charge in [-0.05, 0) is 54.8 Å². The van der Waals surface area contributed by atoms with Gasteiger partial charge in [0, 0.05) is 52.9 Å². The second-order valence-electron chi connectivity index (χ2n) is 8.34. The summed E-state index contributed by atoms with van der Waals surface area (Å²) in [5.74, 6) is 1.46. The van der Waals surface area contributed by atoms with E-state index < -0.39 is 0 Å². The predicted octanol–water partition coefficient (Wildman–Crippen LogP) is 3.92.